The lowest BCUT2D eigenvalue weighted by Crippen LogP contribution is -2.25. The number of imidazole rings is 1. The van der Waals surface area contributed by atoms with Crippen molar-refractivity contribution in [2.75, 3.05) is 32.0 Å². The summed E-state index contributed by atoms with van der Waals surface area (Å²) >= 11 is 0. The van der Waals surface area contributed by atoms with Gasteiger partial charge in [-0.25, -0.2) is 4.98 Å². The molecule has 0 aliphatic heterocycles. The quantitative estimate of drug-likeness (QED) is 0.803. The standard InChI is InChI=1S/C12H24N4/c1-6-15(5)8-7-13-12-14-11(4)9-16(12)10(2)3/h9-10H,6-8H2,1-5H3,(H,13,14). The van der Waals surface area contributed by atoms with Gasteiger partial charge in [0, 0.05) is 25.3 Å². The Morgan fingerprint density at radius 3 is 2.75 bits per heavy atom. The fraction of sp³-hybridized carbons (Fsp3) is 0.750. The van der Waals surface area contributed by atoms with E-state index in [1.165, 1.54) is 0 Å². The van der Waals surface area contributed by atoms with Crippen LogP contribution in [0, 0.1) is 6.92 Å². The zero-order valence-corrected chi connectivity index (χ0v) is 11.1. The van der Waals surface area contributed by atoms with Crippen LogP contribution >= 0.6 is 0 Å². The molecular formula is C12H24N4. The molecule has 1 rings (SSSR count). The van der Waals surface area contributed by atoms with Crippen molar-refractivity contribution in [2.45, 2.75) is 33.7 Å². The Kier molecular flexibility index (Phi) is 4.80. The SMILES string of the molecule is CCN(C)CCNc1nc(C)cn1C(C)C. The number of rotatable bonds is 6. The van der Waals surface area contributed by atoms with E-state index in [-0.39, 0.29) is 0 Å². The second-order valence-electron chi connectivity index (χ2n) is 4.53. The normalized spacial score (nSPS) is 11.4. The van der Waals surface area contributed by atoms with E-state index in [4.69, 9.17) is 0 Å². The Hall–Kier alpha value is -1.03. The van der Waals surface area contributed by atoms with Crippen molar-refractivity contribution >= 4 is 5.95 Å². The van der Waals surface area contributed by atoms with E-state index in [1.54, 1.807) is 0 Å². The van der Waals surface area contributed by atoms with Gasteiger partial charge in [-0.1, -0.05) is 6.92 Å². The van der Waals surface area contributed by atoms with Crippen molar-refractivity contribution in [1.82, 2.24) is 14.5 Å². The Labute approximate surface area is 98.7 Å². The van der Waals surface area contributed by atoms with Gasteiger partial charge < -0.3 is 14.8 Å². The van der Waals surface area contributed by atoms with E-state index >= 15 is 0 Å². The predicted octanol–water partition coefficient (Wildman–Crippen LogP) is 2.14. The van der Waals surface area contributed by atoms with Crippen LogP contribution in [0.3, 0.4) is 0 Å². The smallest absolute Gasteiger partial charge is 0.203 e. The summed E-state index contributed by atoms with van der Waals surface area (Å²) in [5.74, 6) is 0.983. The molecule has 0 bridgehead atoms. The van der Waals surface area contributed by atoms with Crippen molar-refractivity contribution in [2.24, 2.45) is 0 Å². The number of nitrogens with zero attached hydrogens (tertiary/aromatic N) is 3. The summed E-state index contributed by atoms with van der Waals surface area (Å²) in [6.07, 6.45) is 2.09. The molecule has 0 amide bonds. The van der Waals surface area contributed by atoms with Crippen LogP contribution in [0.2, 0.25) is 0 Å². The first kappa shape index (κ1) is 13.0. The van der Waals surface area contributed by atoms with Gasteiger partial charge in [-0.05, 0) is 34.4 Å². The van der Waals surface area contributed by atoms with E-state index in [1.807, 2.05) is 6.92 Å². The van der Waals surface area contributed by atoms with Crippen molar-refractivity contribution in [3.63, 3.8) is 0 Å². The Morgan fingerprint density at radius 2 is 2.19 bits per heavy atom. The van der Waals surface area contributed by atoms with Crippen LogP contribution < -0.4 is 5.32 Å². The average Bonchev–Trinajstić information content (AvgIpc) is 2.59. The molecule has 1 N–H and O–H groups in total. The number of nitrogens with one attached hydrogen (secondary N) is 1. The van der Waals surface area contributed by atoms with Crippen LogP contribution in [0.1, 0.15) is 32.5 Å². The van der Waals surface area contributed by atoms with Gasteiger partial charge in [-0.3, -0.25) is 0 Å². The lowest BCUT2D eigenvalue weighted by Gasteiger charge is -2.16. The van der Waals surface area contributed by atoms with E-state index in [2.05, 4.69) is 53.8 Å². The van der Waals surface area contributed by atoms with Crippen LogP contribution in [0.25, 0.3) is 0 Å². The number of likely N-dealkylation sites (N-methyl/N-ethyl adjacent to an activating group) is 1. The highest BCUT2D eigenvalue weighted by atomic mass is 15.2. The number of aryl methyl sites for hydroxylation is 1. The minimum atomic E-state index is 0.451. The van der Waals surface area contributed by atoms with Gasteiger partial charge in [0.05, 0.1) is 5.69 Å². The zero-order chi connectivity index (χ0) is 12.1. The number of aromatic nitrogens is 2. The molecule has 0 aromatic carbocycles. The molecular weight excluding hydrogens is 200 g/mol. The molecule has 1 aromatic heterocycles. The third-order valence-corrected chi connectivity index (χ3v) is 2.73. The molecule has 92 valence electrons. The molecule has 0 aliphatic carbocycles. The fourth-order valence-corrected chi connectivity index (χ4v) is 1.56. The van der Waals surface area contributed by atoms with E-state index in [0.717, 1.165) is 31.3 Å². The first-order valence-electron chi connectivity index (χ1n) is 6.02. The molecule has 0 unspecified atom stereocenters. The summed E-state index contributed by atoms with van der Waals surface area (Å²) in [5.41, 5.74) is 1.07. The van der Waals surface area contributed by atoms with Crippen LogP contribution in [0.4, 0.5) is 5.95 Å². The Balaban J connectivity index is 2.53. The van der Waals surface area contributed by atoms with Gasteiger partial charge in [0.25, 0.3) is 0 Å². The molecule has 0 fully saturated rings. The average molecular weight is 224 g/mol. The predicted molar refractivity (Wildman–Crippen MR) is 69.0 cm³/mol. The first-order chi connectivity index (χ1) is 7.54. The molecule has 1 aromatic rings. The number of hydrogen-bond acceptors (Lipinski definition) is 3. The second-order valence-corrected chi connectivity index (χ2v) is 4.53. The molecule has 0 spiro atoms. The Bertz CT molecular complexity index is 317. The maximum absolute atomic E-state index is 4.49. The fourth-order valence-electron chi connectivity index (χ4n) is 1.56. The third-order valence-electron chi connectivity index (χ3n) is 2.73. The molecule has 16 heavy (non-hydrogen) atoms. The lowest BCUT2D eigenvalue weighted by molar-refractivity contribution is 0.366. The second kappa shape index (κ2) is 5.89. The van der Waals surface area contributed by atoms with E-state index in [0.29, 0.717) is 6.04 Å². The van der Waals surface area contributed by atoms with Gasteiger partial charge in [-0.2, -0.15) is 0 Å². The van der Waals surface area contributed by atoms with E-state index in [9.17, 15) is 0 Å². The minimum Gasteiger partial charge on any atom is -0.354 e. The van der Waals surface area contributed by atoms with Crippen LogP contribution in [0.15, 0.2) is 6.20 Å². The molecule has 0 radical (unpaired) electrons. The van der Waals surface area contributed by atoms with Crippen molar-refractivity contribution < 1.29 is 0 Å². The maximum atomic E-state index is 4.49. The van der Waals surface area contributed by atoms with Crippen LogP contribution in [0.5, 0.6) is 0 Å². The zero-order valence-electron chi connectivity index (χ0n) is 11.1. The summed E-state index contributed by atoms with van der Waals surface area (Å²) in [5, 5.41) is 3.39. The van der Waals surface area contributed by atoms with Crippen LogP contribution in [-0.2, 0) is 0 Å². The number of anilines is 1. The van der Waals surface area contributed by atoms with Gasteiger partial charge in [-0.15, -0.1) is 0 Å². The minimum absolute atomic E-state index is 0.451. The van der Waals surface area contributed by atoms with E-state index < -0.39 is 0 Å². The van der Waals surface area contributed by atoms with Crippen LogP contribution in [-0.4, -0.2) is 41.1 Å². The van der Waals surface area contributed by atoms with Gasteiger partial charge >= 0.3 is 0 Å². The summed E-state index contributed by atoms with van der Waals surface area (Å²) in [6, 6.07) is 0.451. The van der Waals surface area contributed by atoms with Crippen molar-refractivity contribution in [3.8, 4) is 0 Å². The highest BCUT2D eigenvalue weighted by molar-refractivity contribution is 5.29. The molecule has 0 saturated carbocycles. The lowest BCUT2D eigenvalue weighted by atomic mass is 10.4. The summed E-state index contributed by atoms with van der Waals surface area (Å²) in [6.45, 7) is 11.6. The Morgan fingerprint density at radius 1 is 1.50 bits per heavy atom. The van der Waals surface area contributed by atoms with Gasteiger partial charge in [0.1, 0.15) is 0 Å². The highest BCUT2D eigenvalue weighted by Gasteiger charge is 2.07. The van der Waals surface area contributed by atoms with Gasteiger partial charge in [0.2, 0.25) is 5.95 Å². The van der Waals surface area contributed by atoms with Gasteiger partial charge in [0.15, 0.2) is 0 Å². The molecule has 1 heterocycles. The molecule has 0 saturated heterocycles. The largest absolute Gasteiger partial charge is 0.354 e. The third kappa shape index (κ3) is 3.52. The summed E-state index contributed by atoms with van der Waals surface area (Å²) in [4.78, 5) is 6.77. The maximum Gasteiger partial charge on any atom is 0.203 e. The summed E-state index contributed by atoms with van der Waals surface area (Å²) < 4.78 is 2.18. The topological polar surface area (TPSA) is 33.1 Å². The van der Waals surface area contributed by atoms with Crippen molar-refractivity contribution in [1.29, 1.82) is 0 Å². The first-order valence-corrected chi connectivity index (χ1v) is 6.02. The number of hydrogen-bond donors (Lipinski definition) is 1. The van der Waals surface area contributed by atoms with Crippen molar-refractivity contribution in [3.05, 3.63) is 11.9 Å². The monoisotopic (exact) mass is 224 g/mol. The molecule has 4 nitrogen and oxygen atoms in total. The highest BCUT2D eigenvalue weighted by Crippen LogP contribution is 2.14. The molecule has 0 aliphatic rings. The molecule has 4 heteroatoms. The molecule has 0 atom stereocenters. The summed E-state index contributed by atoms with van der Waals surface area (Å²) in [7, 11) is 2.13.